The lowest BCUT2D eigenvalue weighted by atomic mass is 10.2. The number of hydrogen-bond donors (Lipinski definition) is 4. The maximum Gasteiger partial charge on any atom is 0.116 e. The number of rotatable bonds is 10. The fraction of sp³-hybridized carbons (Fsp3) is 1.00. The van der Waals surface area contributed by atoms with Crippen LogP contribution in [0.1, 0.15) is 0 Å². The number of nitrogens with zero attached hydrogens (tertiary/aromatic N) is 1. The topological polar surface area (TPSA) is 138 Å². The Morgan fingerprint density at radius 3 is 1.67 bits per heavy atom. The molecule has 0 spiro atoms. The third kappa shape index (κ3) is 7.21. The minimum absolute atomic E-state index is 0.0415. The highest BCUT2D eigenvalue weighted by molar-refractivity contribution is 7.85. The molecule has 0 saturated heterocycles. The van der Waals surface area contributed by atoms with Crippen LogP contribution in [0.4, 0.5) is 0 Å². The van der Waals surface area contributed by atoms with Gasteiger partial charge in [-0.15, -0.1) is 0 Å². The molecule has 8 nitrogen and oxygen atoms in total. The van der Waals surface area contributed by atoms with Crippen molar-refractivity contribution in [3.63, 3.8) is 0 Å². The zero-order valence-corrected chi connectivity index (χ0v) is 10.9. The van der Waals surface area contributed by atoms with E-state index in [1.165, 1.54) is 0 Å². The van der Waals surface area contributed by atoms with E-state index in [9.17, 15) is 18.1 Å². The largest absolute Gasteiger partial charge is 0.748 e. The van der Waals surface area contributed by atoms with Crippen LogP contribution in [0.5, 0.6) is 0 Å². The highest BCUT2D eigenvalue weighted by Crippen LogP contribution is 2.09. The van der Waals surface area contributed by atoms with Crippen molar-refractivity contribution in [3.05, 3.63) is 0 Å². The zero-order chi connectivity index (χ0) is 14.2. The molecule has 0 saturated carbocycles. The predicted molar refractivity (Wildman–Crippen MR) is 61.6 cm³/mol. The molecule has 0 aromatic heterocycles. The minimum Gasteiger partial charge on any atom is -0.748 e. The van der Waals surface area contributed by atoms with Crippen LogP contribution in [0.25, 0.3) is 0 Å². The fourth-order valence-electron chi connectivity index (χ4n) is 1.98. The predicted octanol–water partition coefficient (Wildman–Crippen LogP) is -3.31. The number of quaternary nitrogens is 1. The van der Waals surface area contributed by atoms with Crippen molar-refractivity contribution in [2.75, 3.05) is 51.8 Å². The van der Waals surface area contributed by atoms with Crippen LogP contribution in [0.15, 0.2) is 0 Å². The molecule has 0 amide bonds. The molecule has 0 aliphatic carbocycles. The van der Waals surface area contributed by atoms with Crippen LogP contribution < -0.4 is 0 Å². The second-order valence-electron chi connectivity index (χ2n) is 4.24. The SMILES string of the molecule is O=S(=O)([O-])CC(O)C[N+](CCO)(CCO)CCO. The molecule has 0 bridgehead atoms. The van der Waals surface area contributed by atoms with Gasteiger partial charge in [-0.25, -0.2) is 8.42 Å². The summed E-state index contributed by atoms with van der Waals surface area (Å²) in [6.45, 7) is -0.390. The first-order valence-corrected chi connectivity index (χ1v) is 7.15. The molecule has 110 valence electrons. The van der Waals surface area contributed by atoms with Gasteiger partial charge in [0, 0.05) is 0 Å². The second kappa shape index (κ2) is 8.00. The number of aliphatic hydroxyl groups excluding tert-OH is 4. The van der Waals surface area contributed by atoms with Crippen LogP contribution in [0, 0.1) is 0 Å². The molecular formula is C9H21NO7S. The molecule has 1 unspecified atom stereocenters. The third-order valence-electron chi connectivity index (χ3n) is 2.72. The maximum atomic E-state index is 10.5. The van der Waals surface area contributed by atoms with E-state index < -0.39 is 22.0 Å². The lowest BCUT2D eigenvalue weighted by Crippen LogP contribution is -2.57. The van der Waals surface area contributed by atoms with Gasteiger partial charge >= 0.3 is 0 Å². The first-order chi connectivity index (χ1) is 8.28. The van der Waals surface area contributed by atoms with Crippen LogP contribution in [-0.2, 0) is 10.1 Å². The van der Waals surface area contributed by atoms with E-state index in [0.717, 1.165) is 0 Å². The molecule has 18 heavy (non-hydrogen) atoms. The van der Waals surface area contributed by atoms with Gasteiger partial charge in [0.15, 0.2) is 0 Å². The Balaban J connectivity index is 4.73. The fourth-order valence-corrected chi connectivity index (χ4v) is 2.56. The van der Waals surface area contributed by atoms with Gasteiger partial charge in [0.25, 0.3) is 0 Å². The molecule has 4 N–H and O–H groups in total. The van der Waals surface area contributed by atoms with Gasteiger partial charge in [-0.1, -0.05) is 0 Å². The lowest BCUT2D eigenvalue weighted by Gasteiger charge is -2.38. The molecule has 0 rings (SSSR count). The van der Waals surface area contributed by atoms with E-state index in [2.05, 4.69) is 0 Å². The summed E-state index contributed by atoms with van der Waals surface area (Å²) in [5.41, 5.74) is 0. The van der Waals surface area contributed by atoms with E-state index in [1.54, 1.807) is 0 Å². The molecule has 0 aliphatic heterocycles. The molecule has 9 heteroatoms. The van der Waals surface area contributed by atoms with Gasteiger partial charge in [-0.05, 0) is 0 Å². The maximum absolute atomic E-state index is 10.5. The van der Waals surface area contributed by atoms with Gasteiger partial charge in [-0.3, -0.25) is 0 Å². The van der Waals surface area contributed by atoms with Gasteiger partial charge in [0.05, 0.1) is 35.7 Å². The van der Waals surface area contributed by atoms with Crippen molar-refractivity contribution in [2.45, 2.75) is 6.10 Å². The summed E-state index contributed by atoms with van der Waals surface area (Å²) in [5.74, 6) is -0.921. The summed E-state index contributed by atoms with van der Waals surface area (Å²) in [6, 6.07) is 0. The van der Waals surface area contributed by atoms with Gasteiger partial charge < -0.3 is 29.5 Å². The first-order valence-electron chi connectivity index (χ1n) is 5.58. The lowest BCUT2D eigenvalue weighted by molar-refractivity contribution is -0.931. The molecule has 0 radical (unpaired) electrons. The highest BCUT2D eigenvalue weighted by Gasteiger charge is 2.29. The minimum atomic E-state index is -4.54. The quantitative estimate of drug-likeness (QED) is 0.244. The molecule has 0 heterocycles. The van der Waals surface area contributed by atoms with E-state index in [-0.39, 0.29) is 50.5 Å². The number of aliphatic hydroxyl groups is 4. The molecule has 1 atom stereocenters. The van der Waals surface area contributed by atoms with Crippen molar-refractivity contribution in [2.24, 2.45) is 0 Å². The van der Waals surface area contributed by atoms with Crippen molar-refractivity contribution < 1.29 is 37.9 Å². The Bertz CT molecular complexity index is 302. The van der Waals surface area contributed by atoms with Crippen LogP contribution in [0.2, 0.25) is 0 Å². The Morgan fingerprint density at radius 2 is 1.39 bits per heavy atom. The van der Waals surface area contributed by atoms with Crippen LogP contribution in [0.3, 0.4) is 0 Å². The molecule has 0 aliphatic rings. The van der Waals surface area contributed by atoms with E-state index >= 15 is 0 Å². The van der Waals surface area contributed by atoms with Gasteiger partial charge in [-0.2, -0.15) is 0 Å². The van der Waals surface area contributed by atoms with Crippen molar-refractivity contribution in [1.29, 1.82) is 0 Å². The van der Waals surface area contributed by atoms with E-state index in [1.807, 2.05) is 0 Å². The first kappa shape index (κ1) is 17.7. The average Bonchev–Trinajstić information content (AvgIpc) is 2.15. The van der Waals surface area contributed by atoms with Gasteiger partial charge in [0.2, 0.25) is 0 Å². The molecule has 0 fully saturated rings. The summed E-state index contributed by atoms with van der Waals surface area (Å²) < 4.78 is 31.5. The summed E-state index contributed by atoms with van der Waals surface area (Å²) >= 11 is 0. The molecule has 0 aromatic rings. The zero-order valence-electron chi connectivity index (χ0n) is 10.1. The van der Waals surface area contributed by atoms with Crippen LogP contribution in [-0.4, -0.2) is 95.7 Å². The number of hydrogen-bond acceptors (Lipinski definition) is 7. The summed E-state index contributed by atoms with van der Waals surface area (Å²) in [6.07, 6.45) is -1.39. The normalized spacial score (nSPS) is 14.7. The van der Waals surface area contributed by atoms with E-state index in [0.29, 0.717) is 0 Å². The molecular weight excluding hydrogens is 266 g/mol. The van der Waals surface area contributed by atoms with Crippen molar-refractivity contribution in [3.8, 4) is 0 Å². The third-order valence-corrected chi connectivity index (χ3v) is 3.51. The standard InChI is InChI=1S/C9H21NO7S/c11-4-1-10(2-5-12,3-6-13)7-9(14)8-18(15,16)17/h9,11-14H,1-8H2. The monoisotopic (exact) mass is 287 g/mol. The summed E-state index contributed by atoms with van der Waals surface area (Å²) in [5, 5.41) is 36.4. The Morgan fingerprint density at radius 1 is 1.00 bits per heavy atom. The summed E-state index contributed by atoms with van der Waals surface area (Å²) in [7, 11) is -4.54. The smallest absolute Gasteiger partial charge is 0.116 e. The van der Waals surface area contributed by atoms with Gasteiger partial charge in [0.1, 0.15) is 32.3 Å². The highest BCUT2D eigenvalue weighted by atomic mass is 32.2. The van der Waals surface area contributed by atoms with Crippen molar-refractivity contribution >= 4 is 10.1 Å². The molecule has 0 aromatic carbocycles. The summed E-state index contributed by atoms with van der Waals surface area (Å²) in [4.78, 5) is 0. The average molecular weight is 287 g/mol. The van der Waals surface area contributed by atoms with E-state index in [4.69, 9.17) is 15.3 Å². The Labute approximate surface area is 106 Å². The van der Waals surface area contributed by atoms with Crippen molar-refractivity contribution in [1.82, 2.24) is 0 Å². The Hall–Kier alpha value is -0.290. The Kier molecular flexibility index (Phi) is 7.87. The van der Waals surface area contributed by atoms with Crippen LogP contribution >= 0.6 is 0 Å². The second-order valence-corrected chi connectivity index (χ2v) is 5.69.